The van der Waals surface area contributed by atoms with E-state index in [1.807, 2.05) is 56.3 Å². The Hall–Kier alpha value is -4.33. The summed E-state index contributed by atoms with van der Waals surface area (Å²) >= 11 is 0. The van der Waals surface area contributed by atoms with E-state index in [0.29, 0.717) is 29.4 Å². The summed E-state index contributed by atoms with van der Waals surface area (Å²) < 4.78 is 12.3. The lowest BCUT2D eigenvalue weighted by Crippen LogP contribution is -2.64. The van der Waals surface area contributed by atoms with Crippen LogP contribution in [0.15, 0.2) is 71.3 Å². The fourth-order valence-electron chi connectivity index (χ4n) is 4.73. The number of furan rings is 1. The highest BCUT2D eigenvalue weighted by Gasteiger charge is 2.49. The van der Waals surface area contributed by atoms with Crippen LogP contribution in [0.25, 0.3) is 11.5 Å². The SMILES string of the molecule is COc1ccc(CNC(=O)[C@]2(C)Cn3nc(-c4ccco4)cc3C(=O)N2c2cc(C)cc(C)c2)cc1. The fourth-order valence-corrected chi connectivity index (χ4v) is 4.73. The lowest BCUT2D eigenvalue weighted by atomic mass is 9.93. The second-order valence-electron chi connectivity index (χ2n) is 9.34. The molecule has 36 heavy (non-hydrogen) atoms. The summed E-state index contributed by atoms with van der Waals surface area (Å²) in [7, 11) is 1.61. The van der Waals surface area contributed by atoms with Crippen LogP contribution in [0.1, 0.15) is 34.1 Å². The molecule has 8 heteroatoms. The van der Waals surface area contributed by atoms with Crippen molar-refractivity contribution in [1.29, 1.82) is 0 Å². The fraction of sp³-hybridized carbons (Fsp3) is 0.250. The van der Waals surface area contributed by atoms with Crippen LogP contribution < -0.4 is 15.0 Å². The van der Waals surface area contributed by atoms with Gasteiger partial charge in [0.05, 0.1) is 19.9 Å². The minimum Gasteiger partial charge on any atom is -0.497 e. The van der Waals surface area contributed by atoms with Gasteiger partial charge >= 0.3 is 0 Å². The number of nitrogens with one attached hydrogen (secondary N) is 1. The van der Waals surface area contributed by atoms with E-state index in [9.17, 15) is 9.59 Å². The summed E-state index contributed by atoms with van der Waals surface area (Å²) in [5, 5.41) is 7.63. The monoisotopic (exact) mass is 484 g/mol. The maximum Gasteiger partial charge on any atom is 0.277 e. The quantitative estimate of drug-likeness (QED) is 0.435. The Kier molecular flexibility index (Phi) is 5.88. The van der Waals surface area contributed by atoms with Crippen LogP contribution in [0.2, 0.25) is 0 Å². The Morgan fingerprint density at radius 1 is 1.11 bits per heavy atom. The molecule has 1 aliphatic rings. The first-order valence-electron chi connectivity index (χ1n) is 11.7. The van der Waals surface area contributed by atoms with Gasteiger partial charge in [-0.25, -0.2) is 0 Å². The van der Waals surface area contributed by atoms with Gasteiger partial charge in [-0.2, -0.15) is 5.10 Å². The third-order valence-electron chi connectivity index (χ3n) is 6.49. The Morgan fingerprint density at radius 2 is 1.83 bits per heavy atom. The maximum atomic E-state index is 13.9. The molecule has 0 radical (unpaired) electrons. The molecule has 0 spiro atoms. The van der Waals surface area contributed by atoms with Crippen LogP contribution in [0.4, 0.5) is 5.69 Å². The van der Waals surface area contributed by atoms with E-state index in [-0.39, 0.29) is 18.4 Å². The van der Waals surface area contributed by atoms with Crippen LogP contribution in [0, 0.1) is 13.8 Å². The number of fused-ring (bicyclic) bond motifs is 1. The first-order chi connectivity index (χ1) is 17.3. The van der Waals surface area contributed by atoms with Gasteiger partial charge in [0.15, 0.2) is 5.76 Å². The highest BCUT2D eigenvalue weighted by Crippen LogP contribution is 2.35. The molecule has 0 saturated carbocycles. The number of aryl methyl sites for hydroxylation is 2. The molecule has 0 fully saturated rings. The smallest absolute Gasteiger partial charge is 0.277 e. The first-order valence-corrected chi connectivity index (χ1v) is 11.7. The molecule has 184 valence electrons. The predicted octanol–water partition coefficient (Wildman–Crippen LogP) is 4.50. The zero-order valence-corrected chi connectivity index (χ0v) is 20.7. The minimum atomic E-state index is -1.22. The Bertz CT molecular complexity index is 1400. The van der Waals surface area contributed by atoms with Gasteiger partial charge in [0.2, 0.25) is 5.91 Å². The van der Waals surface area contributed by atoms with Gasteiger partial charge in [-0.15, -0.1) is 0 Å². The third kappa shape index (κ3) is 4.15. The molecular weight excluding hydrogens is 456 g/mol. The normalized spacial score (nSPS) is 17.1. The number of aromatic nitrogens is 2. The van der Waals surface area contributed by atoms with Gasteiger partial charge in [-0.05, 0) is 73.9 Å². The number of hydrogen-bond acceptors (Lipinski definition) is 5. The van der Waals surface area contributed by atoms with E-state index in [1.165, 1.54) is 0 Å². The van der Waals surface area contributed by atoms with Crippen LogP contribution >= 0.6 is 0 Å². The molecule has 2 amide bonds. The summed E-state index contributed by atoms with van der Waals surface area (Å²) in [6, 6.07) is 18.7. The van der Waals surface area contributed by atoms with Crippen molar-refractivity contribution in [2.24, 2.45) is 0 Å². The van der Waals surface area contributed by atoms with Crippen molar-refractivity contribution in [1.82, 2.24) is 15.1 Å². The number of rotatable bonds is 6. The third-order valence-corrected chi connectivity index (χ3v) is 6.49. The number of methoxy groups -OCH3 is 1. The molecule has 8 nitrogen and oxygen atoms in total. The molecule has 1 N–H and O–H groups in total. The summed E-state index contributed by atoms with van der Waals surface area (Å²) in [6.45, 7) is 6.24. The Balaban J connectivity index is 1.52. The van der Waals surface area contributed by atoms with Gasteiger partial charge in [-0.1, -0.05) is 18.2 Å². The van der Waals surface area contributed by atoms with Gasteiger partial charge in [0.25, 0.3) is 5.91 Å². The van der Waals surface area contributed by atoms with Gasteiger partial charge in [0.1, 0.15) is 22.7 Å². The predicted molar refractivity (Wildman–Crippen MR) is 136 cm³/mol. The highest BCUT2D eigenvalue weighted by molar-refractivity contribution is 6.12. The zero-order chi connectivity index (χ0) is 25.4. The lowest BCUT2D eigenvalue weighted by Gasteiger charge is -2.43. The number of amides is 2. The van der Waals surface area contributed by atoms with Gasteiger partial charge in [-0.3, -0.25) is 19.2 Å². The molecule has 0 aliphatic carbocycles. The molecule has 1 atom stereocenters. The van der Waals surface area contributed by atoms with E-state index < -0.39 is 5.54 Å². The maximum absolute atomic E-state index is 13.9. The van der Waals surface area contributed by atoms with Crippen molar-refractivity contribution in [3.8, 4) is 17.2 Å². The molecule has 3 heterocycles. The molecule has 0 bridgehead atoms. The van der Waals surface area contributed by atoms with Crippen molar-refractivity contribution in [2.75, 3.05) is 12.0 Å². The molecule has 0 saturated heterocycles. The second-order valence-corrected chi connectivity index (χ2v) is 9.34. The molecule has 4 aromatic rings. The van der Waals surface area contributed by atoms with Crippen molar-refractivity contribution in [2.45, 2.75) is 39.4 Å². The van der Waals surface area contributed by atoms with Crippen LogP contribution in [-0.4, -0.2) is 34.2 Å². The Morgan fingerprint density at radius 3 is 2.47 bits per heavy atom. The van der Waals surface area contributed by atoms with Crippen LogP contribution in [0.3, 0.4) is 0 Å². The topological polar surface area (TPSA) is 89.6 Å². The van der Waals surface area contributed by atoms with Crippen LogP contribution in [-0.2, 0) is 17.9 Å². The van der Waals surface area contributed by atoms with Crippen molar-refractivity contribution in [3.05, 3.63) is 89.3 Å². The van der Waals surface area contributed by atoms with Gasteiger partial charge in [0, 0.05) is 18.3 Å². The number of carbonyl (C=O) groups excluding carboxylic acids is 2. The van der Waals surface area contributed by atoms with E-state index >= 15 is 0 Å². The number of ether oxygens (including phenoxy) is 1. The zero-order valence-electron chi connectivity index (χ0n) is 20.7. The summed E-state index contributed by atoms with van der Waals surface area (Å²) in [5.74, 6) is 0.743. The molecule has 2 aromatic carbocycles. The number of anilines is 1. The average Bonchev–Trinajstić information content (AvgIpc) is 3.52. The van der Waals surface area contributed by atoms with E-state index in [0.717, 1.165) is 22.4 Å². The lowest BCUT2D eigenvalue weighted by molar-refractivity contribution is -0.126. The standard InChI is InChI=1S/C28H28N4O4/c1-18-12-19(2)14-21(13-18)32-26(33)24-15-23(25-6-5-11-36-25)30-31(24)17-28(32,3)27(34)29-16-20-7-9-22(35-4)10-8-20/h5-15H,16-17H2,1-4H3,(H,29,34)/t28-/m0/s1. The van der Waals surface area contributed by atoms with Crippen LogP contribution in [0.5, 0.6) is 5.75 Å². The number of carbonyl (C=O) groups is 2. The average molecular weight is 485 g/mol. The van der Waals surface area contributed by atoms with E-state index in [1.54, 1.807) is 48.1 Å². The largest absolute Gasteiger partial charge is 0.497 e. The summed E-state index contributed by atoms with van der Waals surface area (Å²) in [5.41, 5.74) is 3.35. The Labute approximate surface area is 209 Å². The summed E-state index contributed by atoms with van der Waals surface area (Å²) in [6.07, 6.45) is 1.56. The second kappa shape index (κ2) is 9.03. The minimum absolute atomic E-state index is 0.191. The molecule has 1 aliphatic heterocycles. The number of hydrogen-bond donors (Lipinski definition) is 1. The molecular formula is C28H28N4O4. The van der Waals surface area contributed by atoms with E-state index in [2.05, 4.69) is 10.4 Å². The van der Waals surface area contributed by atoms with Gasteiger partial charge < -0.3 is 14.5 Å². The van der Waals surface area contributed by atoms with Crippen molar-refractivity contribution in [3.63, 3.8) is 0 Å². The number of nitrogens with zero attached hydrogens (tertiary/aromatic N) is 3. The van der Waals surface area contributed by atoms with Crippen molar-refractivity contribution < 1.29 is 18.7 Å². The van der Waals surface area contributed by atoms with E-state index in [4.69, 9.17) is 9.15 Å². The number of benzene rings is 2. The first kappa shape index (κ1) is 23.4. The summed E-state index contributed by atoms with van der Waals surface area (Å²) in [4.78, 5) is 29.3. The highest BCUT2D eigenvalue weighted by atomic mass is 16.5. The van der Waals surface area contributed by atoms with Crippen molar-refractivity contribution >= 4 is 17.5 Å². The molecule has 5 rings (SSSR count). The molecule has 2 aromatic heterocycles. The molecule has 0 unspecified atom stereocenters.